The first-order chi connectivity index (χ1) is 15.9. The van der Waals surface area contributed by atoms with Crippen molar-refractivity contribution < 1.29 is 36.6 Å². The molecule has 178 valence electrons. The van der Waals surface area contributed by atoms with E-state index in [-0.39, 0.29) is 27.7 Å². The van der Waals surface area contributed by atoms with Gasteiger partial charge in [-0.3, -0.25) is 9.97 Å². The van der Waals surface area contributed by atoms with Gasteiger partial charge in [0.25, 0.3) is 5.79 Å². The molecule has 4 rings (SSSR count). The van der Waals surface area contributed by atoms with E-state index in [4.69, 9.17) is 0 Å². The third-order valence-corrected chi connectivity index (χ3v) is 6.28. The van der Waals surface area contributed by atoms with Crippen LogP contribution in [0.25, 0.3) is 21.8 Å². The minimum Gasteiger partial charge on any atom is -0.355 e. The summed E-state index contributed by atoms with van der Waals surface area (Å²) in [6.45, 7) is 0. The first kappa shape index (κ1) is 24.2. The quantitative estimate of drug-likeness (QED) is 0.203. The molecule has 4 nitrogen and oxygen atoms in total. The van der Waals surface area contributed by atoms with Gasteiger partial charge in [0.1, 0.15) is 0 Å². The number of hydrogen-bond donors (Lipinski definition) is 2. The maximum atomic E-state index is 14.2. The molecule has 2 heterocycles. The molecule has 0 atom stereocenters. The minimum absolute atomic E-state index is 0.120. The van der Waals surface area contributed by atoms with Gasteiger partial charge in [-0.2, -0.15) is 38.1 Å². The zero-order valence-corrected chi connectivity index (χ0v) is 18.0. The van der Waals surface area contributed by atoms with Gasteiger partial charge >= 0.3 is 12.4 Å². The fraction of sp³-hybridized carbons (Fsp3) is 0.217. The van der Waals surface area contributed by atoms with E-state index in [1.807, 2.05) is 18.2 Å². The third kappa shape index (κ3) is 4.42. The van der Waals surface area contributed by atoms with Crippen molar-refractivity contribution in [2.24, 2.45) is 0 Å². The molecule has 4 aromatic rings. The lowest BCUT2D eigenvalue weighted by atomic mass is 9.94. The summed E-state index contributed by atoms with van der Waals surface area (Å²) in [5, 5.41) is 18.8. The SMILES string of the molecule is OC(O)(c1cc2c(C(F)(F)F)c(CSCc3ccccc3)cnc2c2ncccc12)C(F)(F)F. The van der Waals surface area contributed by atoms with Gasteiger partial charge in [-0.05, 0) is 23.3 Å². The highest BCUT2D eigenvalue weighted by Gasteiger charge is 2.55. The molecule has 2 aromatic heterocycles. The first-order valence-corrected chi connectivity index (χ1v) is 11.0. The molecule has 0 radical (unpaired) electrons. The second kappa shape index (κ2) is 8.71. The average Bonchev–Trinajstić information content (AvgIpc) is 2.77. The Labute approximate surface area is 193 Å². The topological polar surface area (TPSA) is 66.2 Å². The lowest BCUT2D eigenvalue weighted by Crippen LogP contribution is -2.42. The van der Waals surface area contributed by atoms with Crippen LogP contribution in [0.3, 0.4) is 0 Å². The van der Waals surface area contributed by atoms with Gasteiger partial charge in [0.2, 0.25) is 0 Å². The van der Waals surface area contributed by atoms with Crippen LogP contribution in [0.15, 0.2) is 60.9 Å². The summed E-state index contributed by atoms with van der Waals surface area (Å²) < 4.78 is 82.8. The summed E-state index contributed by atoms with van der Waals surface area (Å²) in [5.74, 6) is -4.11. The monoisotopic (exact) mass is 498 g/mol. The van der Waals surface area contributed by atoms with Crippen molar-refractivity contribution in [2.75, 3.05) is 0 Å². The number of fused-ring (bicyclic) bond motifs is 3. The lowest BCUT2D eigenvalue weighted by molar-refractivity contribution is -0.357. The van der Waals surface area contributed by atoms with Gasteiger partial charge in [0.05, 0.1) is 16.6 Å². The van der Waals surface area contributed by atoms with Gasteiger partial charge in [-0.25, -0.2) is 0 Å². The molecule has 34 heavy (non-hydrogen) atoms. The molecule has 0 amide bonds. The Balaban J connectivity index is 1.92. The maximum Gasteiger partial charge on any atom is 0.447 e. The van der Waals surface area contributed by atoms with Crippen LogP contribution in [0.2, 0.25) is 0 Å². The van der Waals surface area contributed by atoms with E-state index in [0.29, 0.717) is 11.8 Å². The van der Waals surface area contributed by atoms with E-state index in [0.717, 1.165) is 17.8 Å². The summed E-state index contributed by atoms with van der Waals surface area (Å²) in [6.07, 6.45) is -8.31. The molecular formula is C23H16F6N2O2S. The van der Waals surface area contributed by atoms with E-state index in [9.17, 15) is 36.6 Å². The van der Waals surface area contributed by atoms with Crippen LogP contribution in [-0.2, 0) is 23.5 Å². The number of rotatable bonds is 5. The number of alkyl halides is 6. The Morgan fingerprint density at radius 3 is 2.12 bits per heavy atom. The Morgan fingerprint density at radius 1 is 0.794 bits per heavy atom. The number of aromatic nitrogens is 2. The van der Waals surface area contributed by atoms with Crippen molar-refractivity contribution >= 4 is 33.6 Å². The Hall–Kier alpha value is -2.89. The molecule has 0 bridgehead atoms. The third-order valence-electron chi connectivity index (χ3n) is 5.23. The standard InChI is InChI=1S/C23H16F6N2O2S/c24-22(25,26)18-14(12-34-11-13-5-2-1-3-6-13)10-31-20-16(18)9-17(21(32,33)23(27,28)29)15-7-4-8-30-19(15)20/h1-10,32-33H,11-12H2. The van der Waals surface area contributed by atoms with Crippen LogP contribution < -0.4 is 0 Å². The fourth-order valence-corrected chi connectivity index (χ4v) is 4.64. The smallest absolute Gasteiger partial charge is 0.355 e. The number of halogens is 6. The predicted octanol–water partition coefficient (Wildman–Crippen LogP) is 5.93. The predicted molar refractivity (Wildman–Crippen MR) is 116 cm³/mol. The summed E-state index contributed by atoms with van der Waals surface area (Å²) in [6, 6.07) is 11.9. The summed E-state index contributed by atoms with van der Waals surface area (Å²) in [7, 11) is 0. The number of thioether (sulfide) groups is 1. The highest BCUT2D eigenvalue weighted by atomic mass is 32.2. The molecule has 0 fully saturated rings. The molecule has 0 aliphatic heterocycles. The Kier molecular flexibility index (Phi) is 6.21. The van der Waals surface area contributed by atoms with E-state index in [1.54, 1.807) is 12.1 Å². The number of hydrogen-bond acceptors (Lipinski definition) is 5. The molecule has 0 aliphatic rings. The normalized spacial score (nSPS) is 13.1. The van der Waals surface area contributed by atoms with Crippen molar-refractivity contribution in [2.45, 2.75) is 29.6 Å². The zero-order chi connectivity index (χ0) is 24.7. The van der Waals surface area contributed by atoms with E-state index >= 15 is 0 Å². The molecule has 0 unspecified atom stereocenters. The minimum atomic E-state index is -5.57. The largest absolute Gasteiger partial charge is 0.447 e. The van der Waals surface area contributed by atoms with E-state index in [1.165, 1.54) is 24.0 Å². The molecule has 11 heteroatoms. The van der Waals surface area contributed by atoms with Gasteiger partial charge in [0, 0.05) is 40.2 Å². The maximum absolute atomic E-state index is 14.2. The number of aliphatic hydroxyl groups is 2. The van der Waals surface area contributed by atoms with Crippen LogP contribution >= 0.6 is 11.8 Å². The second-order valence-electron chi connectivity index (χ2n) is 7.52. The molecule has 0 aliphatic carbocycles. The fourth-order valence-electron chi connectivity index (χ4n) is 3.67. The second-order valence-corrected chi connectivity index (χ2v) is 8.51. The van der Waals surface area contributed by atoms with E-state index in [2.05, 4.69) is 9.97 Å². The van der Waals surface area contributed by atoms with Crippen LogP contribution in [0.5, 0.6) is 0 Å². The highest BCUT2D eigenvalue weighted by molar-refractivity contribution is 7.97. The highest BCUT2D eigenvalue weighted by Crippen LogP contribution is 2.45. The van der Waals surface area contributed by atoms with Crippen LogP contribution in [-0.4, -0.2) is 26.4 Å². The molecular weight excluding hydrogens is 482 g/mol. The molecule has 2 aromatic carbocycles. The molecule has 0 saturated heterocycles. The number of nitrogens with zero attached hydrogens (tertiary/aromatic N) is 2. The van der Waals surface area contributed by atoms with Gasteiger partial charge < -0.3 is 10.2 Å². The Morgan fingerprint density at radius 2 is 1.47 bits per heavy atom. The number of pyridine rings is 2. The molecule has 2 N–H and O–H groups in total. The zero-order valence-electron chi connectivity index (χ0n) is 17.2. The van der Waals surface area contributed by atoms with Gasteiger partial charge in [-0.1, -0.05) is 36.4 Å². The summed E-state index contributed by atoms with van der Waals surface area (Å²) in [5.41, 5.74) is -2.29. The molecule has 0 spiro atoms. The number of benzene rings is 2. The van der Waals surface area contributed by atoms with Gasteiger partial charge in [-0.15, -0.1) is 0 Å². The summed E-state index contributed by atoms with van der Waals surface area (Å²) >= 11 is 1.18. The van der Waals surface area contributed by atoms with Crippen LogP contribution in [0.1, 0.15) is 22.3 Å². The van der Waals surface area contributed by atoms with Crippen molar-refractivity contribution in [3.05, 3.63) is 83.2 Å². The first-order valence-electron chi connectivity index (χ1n) is 9.81. The van der Waals surface area contributed by atoms with Gasteiger partial charge in [0.15, 0.2) is 0 Å². The van der Waals surface area contributed by atoms with Crippen molar-refractivity contribution in [3.8, 4) is 0 Å². The molecule has 0 saturated carbocycles. The average molecular weight is 498 g/mol. The van der Waals surface area contributed by atoms with Crippen molar-refractivity contribution in [1.82, 2.24) is 9.97 Å². The van der Waals surface area contributed by atoms with Crippen LogP contribution in [0, 0.1) is 0 Å². The van der Waals surface area contributed by atoms with Crippen LogP contribution in [0.4, 0.5) is 26.3 Å². The Bertz CT molecular complexity index is 1340. The van der Waals surface area contributed by atoms with E-state index < -0.39 is 34.7 Å². The van der Waals surface area contributed by atoms with Crippen molar-refractivity contribution in [3.63, 3.8) is 0 Å². The summed E-state index contributed by atoms with van der Waals surface area (Å²) in [4.78, 5) is 7.97. The van der Waals surface area contributed by atoms with Crippen molar-refractivity contribution in [1.29, 1.82) is 0 Å². The lowest BCUT2D eigenvalue weighted by Gasteiger charge is -2.27.